The number of aromatic amines is 1. The second-order valence-corrected chi connectivity index (χ2v) is 4.63. The average Bonchev–Trinajstić information content (AvgIpc) is 2.87. The van der Waals surface area contributed by atoms with Gasteiger partial charge in [-0.2, -0.15) is 0 Å². The molecule has 0 saturated heterocycles. The van der Waals surface area contributed by atoms with Gasteiger partial charge in [0.2, 0.25) is 5.95 Å². The van der Waals surface area contributed by atoms with Crippen molar-refractivity contribution in [1.82, 2.24) is 19.9 Å². The van der Waals surface area contributed by atoms with Crippen LogP contribution in [-0.2, 0) is 6.54 Å². The first kappa shape index (κ1) is 13.0. The van der Waals surface area contributed by atoms with Crippen LogP contribution in [0.4, 0.5) is 5.95 Å². The van der Waals surface area contributed by atoms with E-state index in [0.717, 1.165) is 22.4 Å². The number of carboxylic acid groups (broad SMARTS) is 1. The molecule has 21 heavy (non-hydrogen) atoms. The number of aromatic nitrogens is 4. The first-order valence-electron chi connectivity index (χ1n) is 6.37. The summed E-state index contributed by atoms with van der Waals surface area (Å²) < 4.78 is 0. The molecule has 2 aromatic heterocycles. The lowest BCUT2D eigenvalue weighted by atomic mass is 10.2. The number of imidazole rings is 1. The molecule has 0 aliphatic rings. The van der Waals surface area contributed by atoms with Gasteiger partial charge in [-0.05, 0) is 30.7 Å². The van der Waals surface area contributed by atoms with Gasteiger partial charge >= 0.3 is 5.97 Å². The van der Waals surface area contributed by atoms with E-state index in [4.69, 9.17) is 5.11 Å². The third-order valence-electron chi connectivity index (χ3n) is 2.98. The highest BCUT2D eigenvalue weighted by Gasteiger charge is 2.07. The average molecular weight is 283 g/mol. The van der Waals surface area contributed by atoms with Crippen LogP contribution in [0.1, 0.15) is 21.9 Å². The van der Waals surface area contributed by atoms with E-state index in [1.54, 1.807) is 0 Å². The fourth-order valence-electron chi connectivity index (χ4n) is 1.99. The minimum atomic E-state index is -1.08. The van der Waals surface area contributed by atoms with Gasteiger partial charge < -0.3 is 15.4 Å². The van der Waals surface area contributed by atoms with Crippen molar-refractivity contribution in [3.63, 3.8) is 0 Å². The number of rotatable bonds is 4. The normalized spacial score (nSPS) is 10.7. The van der Waals surface area contributed by atoms with E-state index in [9.17, 15) is 4.79 Å². The molecule has 3 N–H and O–H groups in total. The van der Waals surface area contributed by atoms with Crippen molar-refractivity contribution in [3.05, 3.63) is 47.5 Å². The molecule has 0 saturated carbocycles. The molecule has 0 bridgehead atoms. The molecule has 0 radical (unpaired) electrons. The van der Waals surface area contributed by atoms with Crippen molar-refractivity contribution in [2.75, 3.05) is 5.32 Å². The highest BCUT2D eigenvalue weighted by atomic mass is 16.4. The summed E-state index contributed by atoms with van der Waals surface area (Å²) in [5.74, 6) is -0.0915. The minimum Gasteiger partial charge on any atom is -0.477 e. The Morgan fingerprint density at radius 3 is 3.00 bits per heavy atom. The zero-order chi connectivity index (χ0) is 14.8. The molecule has 3 rings (SSSR count). The standard InChI is InChI=1S/C14H13N5O2/c1-8-2-3-9-11(6-8)18-12(17-9)7-16-14-15-5-4-10(19-14)13(20)21/h2-6H,7H2,1H3,(H,17,18)(H,20,21)(H,15,16,19). The summed E-state index contributed by atoms with van der Waals surface area (Å²) in [6.45, 7) is 2.40. The van der Waals surface area contributed by atoms with Crippen molar-refractivity contribution < 1.29 is 9.90 Å². The number of nitrogens with one attached hydrogen (secondary N) is 2. The number of anilines is 1. The predicted molar refractivity (Wildman–Crippen MR) is 77.1 cm³/mol. The van der Waals surface area contributed by atoms with Gasteiger partial charge in [0, 0.05) is 6.20 Å². The third-order valence-corrected chi connectivity index (χ3v) is 2.98. The lowest BCUT2D eigenvalue weighted by Gasteiger charge is -2.02. The summed E-state index contributed by atoms with van der Waals surface area (Å²) in [4.78, 5) is 26.3. The molecule has 1 aromatic carbocycles. The smallest absolute Gasteiger partial charge is 0.354 e. The van der Waals surface area contributed by atoms with Crippen LogP contribution in [0.3, 0.4) is 0 Å². The fraction of sp³-hybridized carbons (Fsp3) is 0.143. The van der Waals surface area contributed by atoms with Crippen molar-refractivity contribution >= 4 is 23.0 Å². The Balaban J connectivity index is 1.77. The SMILES string of the molecule is Cc1ccc2nc(CNc3nccc(C(=O)O)n3)[nH]c2c1. The Kier molecular flexibility index (Phi) is 3.23. The second-order valence-electron chi connectivity index (χ2n) is 4.63. The van der Waals surface area contributed by atoms with Crippen molar-refractivity contribution in [2.24, 2.45) is 0 Å². The number of H-pyrrole nitrogens is 1. The Labute approximate surface area is 120 Å². The molecule has 0 aliphatic heterocycles. The second kappa shape index (κ2) is 5.20. The summed E-state index contributed by atoms with van der Waals surface area (Å²) in [5, 5.41) is 11.8. The molecule has 0 unspecified atom stereocenters. The molecule has 7 heteroatoms. The number of aromatic carboxylic acids is 1. The van der Waals surface area contributed by atoms with Gasteiger partial charge in [-0.25, -0.2) is 19.7 Å². The molecule has 0 spiro atoms. The summed E-state index contributed by atoms with van der Waals surface area (Å²) in [6, 6.07) is 7.32. The van der Waals surface area contributed by atoms with Gasteiger partial charge in [0.25, 0.3) is 0 Å². The summed E-state index contributed by atoms with van der Waals surface area (Å²) >= 11 is 0. The fourth-order valence-corrected chi connectivity index (χ4v) is 1.99. The van der Waals surface area contributed by atoms with E-state index in [-0.39, 0.29) is 11.6 Å². The minimum absolute atomic E-state index is 0.0484. The highest BCUT2D eigenvalue weighted by Crippen LogP contribution is 2.13. The number of carbonyl (C=O) groups is 1. The third kappa shape index (κ3) is 2.81. The van der Waals surface area contributed by atoms with Crippen LogP contribution in [0.2, 0.25) is 0 Å². The molecule has 2 heterocycles. The number of fused-ring (bicyclic) bond motifs is 1. The van der Waals surface area contributed by atoms with Gasteiger partial charge in [0.05, 0.1) is 17.6 Å². The monoisotopic (exact) mass is 283 g/mol. The van der Waals surface area contributed by atoms with E-state index in [1.807, 2.05) is 25.1 Å². The van der Waals surface area contributed by atoms with Crippen molar-refractivity contribution in [1.29, 1.82) is 0 Å². The maximum atomic E-state index is 10.8. The number of benzene rings is 1. The lowest BCUT2D eigenvalue weighted by Crippen LogP contribution is -2.08. The molecule has 3 aromatic rings. The summed E-state index contributed by atoms with van der Waals surface area (Å²) in [6.07, 6.45) is 1.40. The Bertz CT molecular complexity index is 812. The predicted octanol–water partition coefficient (Wildman–Crippen LogP) is 1.97. The van der Waals surface area contributed by atoms with Gasteiger partial charge in [0.1, 0.15) is 5.82 Å². The quantitative estimate of drug-likeness (QED) is 0.676. The number of aryl methyl sites for hydroxylation is 1. The Morgan fingerprint density at radius 1 is 1.33 bits per heavy atom. The first-order chi connectivity index (χ1) is 10.1. The van der Waals surface area contributed by atoms with E-state index in [2.05, 4.69) is 25.3 Å². The number of nitrogens with zero attached hydrogens (tertiary/aromatic N) is 3. The molecule has 106 valence electrons. The largest absolute Gasteiger partial charge is 0.477 e. The molecular weight excluding hydrogens is 270 g/mol. The van der Waals surface area contributed by atoms with Crippen LogP contribution in [0.15, 0.2) is 30.5 Å². The van der Waals surface area contributed by atoms with Gasteiger partial charge in [-0.3, -0.25) is 0 Å². The van der Waals surface area contributed by atoms with Crippen LogP contribution in [-0.4, -0.2) is 31.0 Å². The van der Waals surface area contributed by atoms with Gasteiger partial charge in [0.15, 0.2) is 5.69 Å². The maximum absolute atomic E-state index is 10.8. The molecule has 0 fully saturated rings. The maximum Gasteiger partial charge on any atom is 0.354 e. The number of carboxylic acids is 1. The van der Waals surface area contributed by atoms with Crippen LogP contribution < -0.4 is 5.32 Å². The van der Waals surface area contributed by atoms with E-state index in [0.29, 0.717) is 6.54 Å². The highest BCUT2D eigenvalue weighted by molar-refractivity contribution is 5.85. The Morgan fingerprint density at radius 2 is 2.19 bits per heavy atom. The lowest BCUT2D eigenvalue weighted by molar-refractivity contribution is 0.0690. The van der Waals surface area contributed by atoms with Crippen molar-refractivity contribution in [2.45, 2.75) is 13.5 Å². The van der Waals surface area contributed by atoms with Crippen LogP contribution >= 0.6 is 0 Å². The van der Waals surface area contributed by atoms with E-state index < -0.39 is 5.97 Å². The summed E-state index contributed by atoms with van der Waals surface area (Å²) in [7, 11) is 0. The van der Waals surface area contributed by atoms with Crippen molar-refractivity contribution in [3.8, 4) is 0 Å². The first-order valence-corrected chi connectivity index (χ1v) is 6.37. The molecular formula is C14H13N5O2. The van der Waals surface area contributed by atoms with E-state index in [1.165, 1.54) is 12.3 Å². The van der Waals surface area contributed by atoms with Crippen LogP contribution in [0.5, 0.6) is 0 Å². The molecule has 0 atom stereocenters. The molecule has 0 aliphatic carbocycles. The zero-order valence-electron chi connectivity index (χ0n) is 11.3. The van der Waals surface area contributed by atoms with Crippen LogP contribution in [0.25, 0.3) is 11.0 Å². The topological polar surface area (TPSA) is 104 Å². The van der Waals surface area contributed by atoms with Gasteiger partial charge in [-0.1, -0.05) is 6.07 Å². The number of hydrogen-bond donors (Lipinski definition) is 3. The van der Waals surface area contributed by atoms with Gasteiger partial charge in [-0.15, -0.1) is 0 Å². The van der Waals surface area contributed by atoms with E-state index >= 15 is 0 Å². The molecule has 7 nitrogen and oxygen atoms in total. The van der Waals surface area contributed by atoms with Crippen LogP contribution in [0, 0.1) is 6.92 Å². The summed E-state index contributed by atoms with van der Waals surface area (Å²) in [5.41, 5.74) is 2.96. The Hall–Kier alpha value is -2.96. The molecule has 0 amide bonds. The zero-order valence-corrected chi connectivity index (χ0v) is 11.3. The number of hydrogen-bond acceptors (Lipinski definition) is 5.